The van der Waals surface area contributed by atoms with E-state index < -0.39 is 12.1 Å². The van der Waals surface area contributed by atoms with Crippen molar-refractivity contribution in [3.8, 4) is 5.75 Å². The Morgan fingerprint density at radius 1 is 1.03 bits per heavy atom. The molecule has 0 heterocycles. The third-order valence-corrected chi connectivity index (χ3v) is 5.66. The van der Waals surface area contributed by atoms with E-state index in [2.05, 4.69) is 26.6 Å². The van der Waals surface area contributed by atoms with Crippen molar-refractivity contribution >= 4 is 21.8 Å². The van der Waals surface area contributed by atoms with Gasteiger partial charge in [-0.25, -0.2) is 0 Å². The zero-order valence-corrected chi connectivity index (χ0v) is 19.9. The lowest BCUT2D eigenvalue weighted by Crippen LogP contribution is -2.48. The molecule has 3 N–H and O–H groups in total. The maximum absolute atomic E-state index is 12.9. The number of hydrogen-bond acceptors (Lipinski definition) is 4. The average molecular weight is 497 g/mol. The number of carbonyl (C=O) groups excluding carboxylic acids is 1. The number of amides is 1. The van der Waals surface area contributed by atoms with Crippen LogP contribution in [0.1, 0.15) is 27.0 Å². The molecule has 32 heavy (non-hydrogen) atoms. The van der Waals surface area contributed by atoms with Crippen LogP contribution in [0, 0.1) is 6.92 Å². The van der Waals surface area contributed by atoms with Crippen LogP contribution in [-0.4, -0.2) is 36.8 Å². The molecule has 3 rings (SSSR count). The van der Waals surface area contributed by atoms with Crippen LogP contribution in [0.15, 0.2) is 77.3 Å². The summed E-state index contributed by atoms with van der Waals surface area (Å²) in [4.78, 5) is 12.9. The third kappa shape index (κ3) is 7.19. The van der Waals surface area contributed by atoms with Crippen molar-refractivity contribution in [1.82, 2.24) is 10.6 Å². The minimum absolute atomic E-state index is 0.206. The predicted molar refractivity (Wildman–Crippen MR) is 131 cm³/mol. The SMILES string of the molecule is COc1cccc(CNC[C@@H](O)[C@H](Cc2ccccc2)NC(=O)c2cc(C)cc(Br)c2)c1. The van der Waals surface area contributed by atoms with E-state index >= 15 is 0 Å². The lowest BCUT2D eigenvalue weighted by Gasteiger charge is -2.25. The number of aliphatic hydroxyl groups is 1. The molecule has 5 nitrogen and oxygen atoms in total. The molecule has 3 aromatic carbocycles. The first-order valence-corrected chi connectivity index (χ1v) is 11.4. The Hall–Kier alpha value is -2.67. The van der Waals surface area contributed by atoms with Crippen LogP contribution < -0.4 is 15.4 Å². The second kappa shape index (κ2) is 11.8. The molecule has 6 heteroatoms. The molecule has 0 saturated heterocycles. The maximum Gasteiger partial charge on any atom is 0.251 e. The number of rotatable bonds is 10. The van der Waals surface area contributed by atoms with Crippen molar-refractivity contribution in [3.63, 3.8) is 0 Å². The molecule has 3 aromatic rings. The van der Waals surface area contributed by atoms with E-state index in [-0.39, 0.29) is 5.91 Å². The molecule has 0 bridgehead atoms. The summed E-state index contributed by atoms with van der Waals surface area (Å²) in [6.07, 6.45) is -0.236. The van der Waals surface area contributed by atoms with Crippen molar-refractivity contribution in [2.24, 2.45) is 0 Å². The molecule has 1 amide bonds. The van der Waals surface area contributed by atoms with E-state index in [9.17, 15) is 9.90 Å². The zero-order valence-electron chi connectivity index (χ0n) is 18.3. The lowest BCUT2D eigenvalue weighted by molar-refractivity contribution is 0.0830. The fourth-order valence-electron chi connectivity index (χ4n) is 3.56. The Morgan fingerprint density at radius 2 is 1.78 bits per heavy atom. The number of ether oxygens (including phenoxy) is 1. The first-order chi connectivity index (χ1) is 15.4. The van der Waals surface area contributed by atoms with Crippen LogP contribution in [0.4, 0.5) is 0 Å². The highest BCUT2D eigenvalue weighted by atomic mass is 79.9. The van der Waals surface area contributed by atoms with Crippen LogP contribution in [0.5, 0.6) is 5.75 Å². The number of carbonyl (C=O) groups is 1. The molecule has 0 spiro atoms. The van der Waals surface area contributed by atoms with Gasteiger partial charge >= 0.3 is 0 Å². The molecule has 0 aromatic heterocycles. The van der Waals surface area contributed by atoms with Gasteiger partial charge in [0.25, 0.3) is 5.91 Å². The summed E-state index contributed by atoms with van der Waals surface area (Å²) < 4.78 is 6.11. The largest absolute Gasteiger partial charge is 0.497 e. The van der Waals surface area contributed by atoms with Crippen LogP contribution in [0.2, 0.25) is 0 Å². The molecule has 0 saturated carbocycles. The van der Waals surface area contributed by atoms with E-state index in [1.165, 1.54) is 0 Å². The Bertz CT molecular complexity index is 1010. The summed E-state index contributed by atoms with van der Waals surface area (Å²) in [7, 11) is 1.64. The first-order valence-electron chi connectivity index (χ1n) is 10.6. The average Bonchev–Trinajstić information content (AvgIpc) is 2.78. The van der Waals surface area contributed by atoms with Crippen LogP contribution in [0.3, 0.4) is 0 Å². The van der Waals surface area contributed by atoms with Crippen molar-refractivity contribution in [2.45, 2.75) is 32.0 Å². The normalized spacial score (nSPS) is 12.8. The van der Waals surface area contributed by atoms with E-state index in [0.29, 0.717) is 25.1 Å². The van der Waals surface area contributed by atoms with E-state index in [4.69, 9.17) is 4.74 Å². The predicted octanol–water partition coefficient (Wildman–Crippen LogP) is 4.26. The summed E-state index contributed by atoms with van der Waals surface area (Å²) >= 11 is 3.45. The topological polar surface area (TPSA) is 70.6 Å². The molecular weight excluding hydrogens is 468 g/mol. The van der Waals surface area contributed by atoms with Crippen molar-refractivity contribution < 1.29 is 14.6 Å². The fraction of sp³-hybridized carbons (Fsp3) is 0.269. The second-order valence-electron chi connectivity index (χ2n) is 7.84. The van der Waals surface area contributed by atoms with Crippen molar-refractivity contribution in [3.05, 3.63) is 99.5 Å². The molecule has 168 valence electrons. The van der Waals surface area contributed by atoms with Crippen LogP contribution in [-0.2, 0) is 13.0 Å². The molecule has 0 aliphatic heterocycles. The Balaban J connectivity index is 1.67. The smallest absolute Gasteiger partial charge is 0.251 e. The van der Waals surface area contributed by atoms with Gasteiger partial charge in [0.2, 0.25) is 0 Å². The molecule has 0 radical (unpaired) electrons. The number of hydrogen-bond donors (Lipinski definition) is 3. The van der Waals surface area contributed by atoms with Gasteiger partial charge in [0.15, 0.2) is 0 Å². The number of aryl methyl sites for hydroxylation is 1. The first kappa shape index (κ1) is 24.0. The van der Waals surface area contributed by atoms with Crippen molar-refractivity contribution in [2.75, 3.05) is 13.7 Å². The van der Waals surface area contributed by atoms with E-state index in [0.717, 1.165) is 26.9 Å². The van der Waals surface area contributed by atoms with Gasteiger partial charge < -0.3 is 20.5 Å². The molecule has 0 aliphatic carbocycles. The quantitative estimate of drug-likeness (QED) is 0.392. The number of aliphatic hydroxyl groups excluding tert-OH is 1. The summed E-state index contributed by atoms with van der Waals surface area (Å²) in [5.74, 6) is 0.588. The minimum Gasteiger partial charge on any atom is -0.497 e. The fourth-order valence-corrected chi connectivity index (χ4v) is 4.17. The van der Waals surface area contributed by atoms with Gasteiger partial charge in [0.05, 0.1) is 19.3 Å². The molecule has 0 aliphatic rings. The minimum atomic E-state index is -0.766. The zero-order chi connectivity index (χ0) is 22.9. The lowest BCUT2D eigenvalue weighted by atomic mass is 10.00. The highest BCUT2D eigenvalue weighted by Gasteiger charge is 2.22. The second-order valence-corrected chi connectivity index (χ2v) is 8.75. The number of halogens is 1. The van der Waals surface area contributed by atoms with Gasteiger partial charge in [-0.2, -0.15) is 0 Å². The van der Waals surface area contributed by atoms with Gasteiger partial charge in [0.1, 0.15) is 5.75 Å². The number of nitrogens with one attached hydrogen (secondary N) is 2. The number of methoxy groups -OCH3 is 1. The van der Waals surface area contributed by atoms with Gasteiger partial charge in [-0.1, -0.05) is 58.4 Å². The van der Waals surface area contributed by atoms with Gasteiger partial charge in [-0.3, -0.25) is 4.79 Å². The Morgan fingerprint density at radius 3 is 2.50 bits per heavy atom. The van der Waals surface area contributed by atoms with E-state index in [1.807, 2.05) is 73.7 Å². The number of benzene rings is 3. The van der Waals surface area contributed by atoms with E-state index in [1.54, 1.807) is 13.2 Å². The van der Waals surface area contributed by atoms with Gasteiger partial charge in [-0.15, -0.1) is 0 Å². The Kier molecular flexibility index (Phi) is 8.85. The van der Waals surface area contributed by atoms with Gasteiger partial charge in [-0.05, 0) is 60.4 Å². The molecule has 0 fully saturated rings. The van der Waals surface area contributed by atoms with Crippen LogP contribution in [0.25, 0.3) is 0 Å². The summed E-state index contributed by atoms with van der Waals surface area (Å²) in [5.41, 5.74) is 3.66. The van der Waals surface area contributed by atoms with Gasteiger partial charge in [0, 0.05) is 23.1 Å². The summed E-state index contributed by atoms with van der Waals surface area (Å²) in [6, 6.07) is 22.8. The third-order valence-electron chi connectivity index (χ3n) is 5.20. The summed E-state index contributed by atoms with van der Waals surface area (Å²) in [5, 5.41) is 17.3. The highest BCUT2D eigenvalue weighted by Crippen LogP contribution is 2.16. The highest BCUT2D eigenvalue weighted by molar-refractivity contribution is 9.10. The molecular formula is C26H29BrN2O3. The molecule has 0 unspecified atom stereocenters. The van der Waals surface area contributed by atoms with Crippen LogP contribution >= 0.6 is 15.9 Å². The monoisotopic (exact) mass is 496 g/mol. The Labute approximate surface area is 198 Å². The maximum atomic E-state index is 12.9. The molecule has 2 atom stereocenters. The standard InChI is InChI=1S/C26H29BrN2O3/c1-18-11-21(15-22(27)12-18)26(31)29-24(14-19-7-4-3-5-8-19)25(30)17-28-16-20-9-6-10-23(13-20)32-2/h3-13,15,24-25,28,30H,14,16-17H2,1-2H3,(H,29,31)/t24-,25+/m0/s1. The summed E-state index contributed by atoms with van der Waals surface area (Å²) in [6.45, 7) is 2.87. The van der Waals surface area contributed by atoms with Crippen molar-refractivity contribution in [1.29, 1.82) is 0 Å².